The number of hydrogen-bond donors (Lipinski definition) is 3. The Labute approximate surface area is 154 Å². The summed E-state index contributed by atoms with van der Waals surface area (Å²) in [6.45, 7) is 3.66. The van der Waals surface area contributed by atoms with Crippen LogP contribution in [0.2, 0.25) is 0 Å². The molecule has 0 unspecified atom stereocenters. The van der Waals surface area contributed by atoms with E-state index in [1.54, 1.807) is 12.3 Å². The van der Waals surface area contributed by atoms with Crippen LogP contribution >= 0.6 is 0 Å². The minimum absolute atomic E-state index is 0.0659. The van der Waals surface area contributed by atoms with Gasteiger partial charge in [-0.3, -0.25) is 4.79 Å². The van der Waals surface area contributed by atoms with Crippen LogP contribution in [-0.4, -0.2) is 29.0 Å². The van der Waals surface area contributed by atoms with E-state index in [9.17, 15) is 4.79 Å². The molecule has 0 aliphatic heterocycles. The molecule has 5 nitrogen and oxygen atoms in total. The van der Waals surface area contributed by atoms with Crippen LogP contribution in [0.15, 0.2) is 48.8 Å². The van der Waals surface area contributed by atoms with Gasteiger partial charge in [0.2, 0.25) is 0 Å². The topological polar surface area (TPSA) is 69.8 Å². The fraction of sp³-hybridized carbons (Fsp3) is 0.333. The average Bonchev–Trinajstić information content (AvgIpc) is 3.09. The standard InChI is InChI=1S/C21H26N4O/c1-2-3-6-11-22-20-14-16(9-12-23-20)21(26)24-13-10-17-15-25-19-8-5-4-7-18(17)19/h4-5,7-9,12,14-15,25H,2-3,6,10-11,13H2,1H3,(H,22,23)(H,24,26). The van der Waals surface area contributed by atoms with Gasteiger partial charge in [0, 0.05) is 41.9 Å². The summed E-state index contributed by atoms with van der Waals surface area (Å²) in [7, 11) is 0. The van der Waals surface area contributed by atoms with Crippen molar-refractivity contribution < 1.29 is 4.79 Å². The Morgan fingerprint density at radius 2 is 2.04 bits per heavy atom. The van der Waals surface area contributed by atoms with Crippen LogP contribution in [0, 0.1) is 0 Å². The van der Waals surface area contributed by atoms with Crippen molar-refractivity contribution in [3.8, 4) is 0 Å². The van der Waals surface area contributed by atoms with E-state index < -0.39 is 0 Å². The maximum absolute atomic E-state index is 12.4. The van der Waals surface area contributed by atoms with Crippen LogP contribution < -0.4 is 10.6 Å². The van der Waals surface area contributed by atoms with Crippen LogP contribution in [0.3, 0.4) is 0 Å². The Balaban J connectivity index is 1.51. The number of nitrogens with zero attached hydrogens (tertiary/aromatic N) is 1. The molecule has 26 heavy (non-hydrogen) atoms. The van der Waals surface area contributed by atoms with Crippen molar-refractivity contribution in [1.82, 2.24) is 15.3 Å². The van der Waals surface area contributed by atoms with Crippen molar-refractivity contribution in [1.29, 1.82) is 0 Å². The highest BCUT2D eigenvalue weighted by atomic mass is 16.1. The zero-order valence-electron chi connectivity index (χ0n) is 15.2. The number of fused-ring (bicyclic) bond motifs is 1. The molecule has 3 aromatic rings. The number of aromatic nitrogens is 2. The second-order valence-electron chi connectivity index (χ2n) is 6.43. The number of unbranched alkanes of at least 4 members (excludes halogenated alkanes) is 2. The Morgan fingerprint density at radius 1 is 1.15 bits per heavy atom. The third-order valence-electron chi connectivity index (χ3n) is 4.46. The number of anilines is 1. The van der Waals surface area contributed by atoms with Gasteiger partial charge in [0.15, 0.2) is 0 Å². The molecule has 0 saturated carbocycles. The predicted molar refractivity (Wildman–Crippen MR) is 107 cm³/mol. The van der Waals surface area contributed by atoms with Crippen molar-refractivity contribution in [2.75, 3.05) is 18.4 Å². The van der Waals surface area contributed by atoms with Gasteiger partial charge >= 0.3 is 0 Å². The van der Waals surface area contributed by atoms with E-state index in [2.05, 4.69) is 39.7 Å². The highest BCUT2D eigenvalue weighted by Crippen LogP contribution is 2.17. The van der Waals surface area contributed by atoms with Gasteiger partial charge in [-0.05, 0) is 36.6 Å². The first kappa shape index (κ1) is 18.0. The smallest absolute Gasteiger partial charge is 0.251 e. The molecule has 3 N–H and O–H groups in total. The lowest BCUT2D eigenvalue weighted by Crippen LogP contribution is -2.25. The molecule has 136 valence electrons. The molecule has 0 radical (unpaired) electrons. The van der Waals surface area contributed by atoms with Gasteiger partial charge in [0.05, 0.1) is 0 Å². The van der Waals surface area contributed by atoms with Gasteiger partial charge in [0.25, 0.3) is 5.91 Å². The lowest BCUT2D eigenvalue weighted by molar-refractivity contribution is 0.0954. The summed E-state index contributed by atoms with van der Waals surface area (Å²) < 4.78 is 0. The molecule has 0 bridgehead atoms. The summed E-state index contributed by atoms with van der Waals surface area (Å²) in [5, 5.41) is 7.49. The van der Waals surface area contributed by atoms with E-state index in [0.717, 1.165) is 30.7 Å². The molecular weight excluding hydrogens is 324 g/mol. The summed E-state index contributed by atoms with van der Waals surface area (Å²) in [6, 6.07) is 11.8. The third kappa shape index (κ3) is 4.63. The molecule has 5 heteroatoms. The second kappa shape index (κ2) is 9.04. The summed E-state index contributed by atoms with van der Waals surface area (Å²) in [6.07, 6.45) is 7.98. The van der Waals surface area contributed by atoms with Crippen molar-refractivity contribution in [2.24, 2.45) is 0 Å². The van der Waals surface area contributed by atoms with Crippen LogP contribution in [-0.2, 0) is 6.42 Å². The number of rotatable bonds is 9. The van der Waals surface area contributed by atoms with E-state index in [-0.39, 0.29) is 5.91 Å². The largest absolute Gasteiger partial charge is 0.370 e. The summed E-state index contributed by atoms with van der Waals surface area (Å²) in [5.41, 5.74) is 2.98. The minimum Gasteiger partial charge on any atom is -0.370 e. The van der Waals surface area contributed by atoms with Crippen LogP contribution in [0.1, 0.15) is 42.1 Å². The molecule has 2 heterocycles. The molecule has 0 spiro atoms. The number of para-hydroxylation sites is 1. The number of nitrogens with one attached hydrogen (secondary N) is 3. The third-order valence-corrected chi connectivity index (χ3v) is 4.46. The first-order valence-corrected chi connectivity index (χ1v) is 9.31. The Kier molecular flexibility index (Phi) is 6.25. The molecule has 3 rings (SSSR count). The lowest BCUT2D eigenvalue weighted by atomic mass is 10.1. The number of H-pyrrole nitrogens is 1. The fourth-order valence-corrected chi connectivity index (χ4v) is 3.01. The summed E-state index contributed by atoms with van der Waals surface area (Å²) in [4.78, 5) is 19.9. The SMILES string of the molecule is CCCCCNc1cc(C(=O)NCCc2c[nH]c3ccccc23)ccn1. The number of hydrogen-bond acceptors (Lipinski definition) is 3. The summed E-state index contributed by atoms with van der Waals surface area (Å²) in [5.74, 6) is 0.689. The first-order valence-electron chi connectivity index (χ1n) is 9.31. The van der Waals surface area contributed by atoms with Gasteiger partial charge < -0.3 is 15.6 Å². The van der Waals surface area contributed by atoms with E-state index >= 15 is 0 Å². The summed E-state index contributed by atoms with van der Waals surface area (Å²) >= 11 is 0. The zero-order chi connectivity index (χ0) is 18.2. The van der Waals surface area contributed by atoms with Crippen LogP contribution in [0.5, 0.6) is 0 Å². The monoisotopic (exact) mass is 350 g/mol. The molecule has 0 aliphatic rings. The van der Waals surface area contributed by atoms with Crippen LogP contribution in [0.25, 0.3) is 10.9 Å². The van der Waals surface area contributed by atoms with Crippen molar-refractivity contribution in [3.05, 3.63) is 59.9 Å². The molecule has 1 aromatic carbocycles. The molecule has 0 atom stereocenters. The first-order chi connectivity index (χ1) is 12.8. The number of pyridine rings is 1. The Hall–Kier alpha value is -2.82. The zero-order valence-corrected chi connectivity index (χ0v) is 15.2. The molecule has 1 amide bonds. The normalized spacial score (nSPS) is 10.8. The maximum Gasteiger partial charge on any atom is 0.251 e. The molecule has 2 aromatic heterocycles. The second-order valence-corrected chi connectivity index (χ2v) is 6.43. The minimum atomic E-state index is -0.0659. The highest BCUT2D eigenvalue weighted by Gasteiger charge is 2.08. The van der Waals surface area contributed by atoms with E-state index in [0.29, 0.717) is 12.1 Å². The number of carbonyl (C=O) groups is 1. The molecule has 0 saturated heterocycles. The van der Waals surface area contributed by atoms with E-state index in [1.165, 1.54) is 23.8 Å². The lowest BCUT2D eigenvalue weighted by Gasteiger charge is -2.08. The van der Waals surface area contributed by atoms with Gasteiger partial charge in [-0.2, -0.15) is 0 Å². The van der Waals surface area contributed by atoms with Gasteiger partial charge in [-0.15, -0.1) is 0 Å². The quantitative estimate of drug-likeness (QED) is 0.508. The van der Waals surface area contributed by atoms with E-state index in [1.807, 2.05) is 24.4 Å². The number of aromatic amines is 1. The van der Waals surface area contributed by atoms with Crippen LogP contribution in [0.4, 0.5) is 5.82 Å². The van der Waals surface area contributed by atoms with Crippen molar-refractivity contribution in [3.63, 3.8) is 0 Å². The molecule has 0 aliphatic carbocycles. The maximum atomic E-state index is 12.4. The Bertz CT molecular complexity index is 856. The average molecular weight is 350 g/mol. The highest BCUT2D eigenvalue weighted by molar-refractivity contribution is 5.94. The van der Waals surface area contributed by atoms with Gasteiger partial charge in [-0.25, -0.2) is 4.98 Å². The number of benzene rings is 1. The number of amides is 1. The van der Waals surface area contributed by atoms with Crippen molar-refractivity contribution in [2.45, 2.75) is 32.6 Å². The molecular formula is C21H26N4O. The molecule has 0 fully saturated rings. The van der Waals surface area contributed by atoms with Gasteiger partial charge in [-0.1, -0.05) is 38.0 Å². The van der Waals surface area contributed by atoms with Gasteiger partial charge in [0.1, 0.15) is 5.82 Å². The fourth-order valence-electron chi connectivity index (χ4n) is 3.01. The predicted octanol–water partition coefficient (Wildman–Crippen LogP) is 4.14. The Morgan fingerprint density at radius 3 is 2.92 bits per heavy atom. The number of carbonyl (C=O) groups excluding carboxylic acids is 1. The van der Waals surface area contributed by atoms with E-state index in [4.69, 9.17) is 0 Å². The van der Waals surface area contributed by atoms with Crippen molar-refractivity contribution >= 4 is 22.6 Å².